The number of benzene rings is 2. The molecule has 1 fully saturated rings. The van der Waals surface area contributed by atoms with Gasteiger partial charge in [0.05, 0.1) is 12.5 Å². The summed E-state index contributed by atoms with van der Waals surface area (Å²) in [5.41, 5.74) is 0.844. The predicted octanol–water partition coefficient (Wildman–Crippen LogP) is 3.44. The SMILES string of the molecule is CCOC(=O)C1CCCN(CCC(=O)Nc2cccc3ccccc23)C1. The van der Waals surface area contributed by atoms with E-state index in [4.69, 9.17) is 4.74 Å². The second-order valence-electron chi connectivity index (χ2n) is 6.72. The van der Waals surface area contributed by atoms with Gasteiger partial charge in [0, 0.05) is 30.6 Å². The van der Waals surface area contributed by atoms with Crippen LogP contribution in [0.1, 0.15) is 26.2 Å². The van der Waals surface area contributed by atoms with E-state index in [9.17, 15) is 9.59 Å². The average Bonchev–Trinajstić information content (AvgIpc) is 2.67. The van der Waals surface area contributed by atoms with Crippen LogP contribution >= 0.6 is 0 Å². The van der Waals surface area contributed by atoms with Crippen LogP contribution in [0.2, 0.25) is 0 Å². The van der Waals surface area contributed by atoms with Crippen LogP contribution in [0.4, 0.5) is 5.69 Å². The molecule has 1 amide bonds. The highest BCUT2D eigenvalue weighted by Gasteiger charge is 2.26. The second-order valence-corrected chi connectivity index (χ2v) is 6.72. The predicted molar refractivity (Wildman–Crippen MR) is 103 cm³/mol. The van der Waals surface area contributed by atoms with E-state index in [1.54, 1.807) is 0 Å². The summed E-state index contributed by atoms with van der Waals surface area (Å²) in [6, 6.07) is 13.9. The number of amides is 1. The number of hydrogen-bond donors (Lipinski definition) is 1. The minimum absolute atomic E-state index is 0.000360. The monoisotopic (exact) mass is 354 g/mol. The zero-order valence-electron chi connectivity index (χ0n) is 15.2. The van der Waals surface area contributed by atoms with Crippen LogP contribution in [0.5, 0.6) is 0 Å². The number of rotatable bonds is 6. The summed E-state index contributed by atoms with van der Waals surface area (Å²) in [4.78, 5) is 26.5. The molecule has 138 valence electrons. The molecule has 5 nitrogen and oxygen atoms in total. The lowest BCUT2D eigenvalue weighted by Crippen LogP contribution is -2.40. The molecule has 0 bridgehead atoms. The number of piperidine rings is 1. The number of carbonyl (C=O) groups is 2. The lowest BCUT2D eigenvalue weighted by molar-refractivity contribution is -0.149. The van der Waals surface area contributed by atoms with E-state index in [-0.39, 0.29) is 17.8 Å². The molecule has 2 aromatic carbocycles. The Kier molecular flexibility index (Phi) is 6.23. The molecule has 1 aliphatic rings. The molecule has 1 unspecified atom stereocenters. The van der Waals surface area contributed by atoms with Crippen molar-refractivity contribution < 1.29 is 14.3 Å². The Morgan fingerprint density at radius 3 is 2.85 bits per heavy atom. The third-order valence-electron chi connectivity index (χ3n) is 4.84. The van der Waals surface area contributed by atoms with Gasteiger partial charge in [-0.3, -0.25) is 9.59 Å². The van der Waals surface area contributed by atoms with E-state index in [0.29, 0.717) is 26.1 Å². The van der Waals surface area contributed by atoms with E-state index >= 15 is 0 Å². The average molecular weight is 354 g/mol. The highest BCUT2D eigenvalue weighted by Crippen LogP contribution is 2.23. The number of anilines is 1. The zero-order valence-corrected chi connectivity index (χ0v) is 15.2. The molecular formula is C21H26N2O3. The Labute approximate surface area is 154 Å². The quantitative estimate of drug-likeness (QED) is 0.808. The Morgan fingerprint density at radius 2 is 2.00 bits per heavy atom. The van der Waals surface area contributed by atoms with Crippen molar-refractivity contribution in [1.82, 2.24) is 4.90 Å². The van der Waals surface area contributed by atoms with Crippen LogP contribution in [0, 0.1) is 5.92 Å². The highest BCUT2D eigenvalue weighted by molar-refractivity contribution is 6.02. The first-order valence-corrected chi connectivity index (χ1v) is 9.34. The molecule has 0 saturated carbocycles. The lowest BCUT2D eigenvalue weighted by Gasteiger charge is -2.31. The molecule has 26 heavy (non-hydrogen) atoms. The first-order chi connectivity index (χ1) is 12.7. The number of nitrogens with zero attached hydrogens (tertiary/aromatic N) is 1. The van der Waals surface area contributed by atoms with Gasteiger partial charge in [-0.1, -0.05) is 36.4 Å². The van der Waals surface area contributed by atoms with Gasteiger partial charge < -0.3 is 15.0 Å². The van der Waals surface area contributed by atoms with E-state index in [1.165, 1.54) is 0 Å². The van der Waals surface area contributed by atoms with Gasteiger partial charge in [0.25, 0.3) is 0 Å². The van der Waals surface area contributed by atoms with Crippen molar-refractivity contribution in [2.45, 2.75) is 26.2 Å². The summed E-state index contributed by atoms with van der Waals surface area (Å²) in [5.74, 6) is -0.179. The molecular weight excluding hydrogens is 328 g/mol. The van der Waals surface area contributed by atoms with Crippen molar-refractivity contribution in [3.05, 3.63) is 42.5 Å². The van der Waals surface area contributed by atoms with E-state index in [1.807, 2.05) is 49.4 Å². The lowest BCUT2D eigenvalue weighted by atomic mass is 9.98. The summed E-state index contributed by atoms with van der Waals surface area (Å²) >= 11 is 0. The first-order valence-electron chi connectivity index (χ1n) is 9.34. The van der Waals surface area contributed by atoms with Gasteiger partial charge in [-0.05, 0) is 37.8 Å². The van der Waals surface area contributed by atoms with Gasteiger partial charge in [0.1, 0.15) is 0 Å². The van der Waals surface area contributed by atoms with E-state index in [2.05, 4.69) is 10.2 Å². The van der Waals surface area contributed by atoms with Gasteiger partial charge in [0.2, 0.25) is 5.91 Å². The fourth-order valence-electron chi connectivity index (χ4n) is 3.52. The van der Waals surface area contributed by atoms with Crippen LogP contribution in [0.3, 0.4) is 0 Å². The Bertz CT molecular complexity index is 769. The number of likely N-dealkylation sites (tertiary alicyclic amines) is 1. The number of esters is 1. The molecule has 1 heterocycles. The summed E-state index contributed by atoms with van der Waals surface area (Å²) in [7, 11) is 0. The number of nitrogens with one attached hydrogen (secondary N) is 1. The number of hydrogen-bond acceptors (Lipinski definition) is 4. The molecule has 0 spiro atoms. The number of carbonyl (C=O) groups excluding carboxylic acids is 2. The standard InChI is InChI=1S/C21H26N2O3/c1-2-26-21(25)17-9-6-13-23(15-17)14-12-20(24)22-19-11-5-8-16-7-3-4-10-18(16)19/h3-5,7-8,10-11,17H,2,6,9,12-15H2,1H3,(H,22,24). The van der Waals surface area contributed by atoms with Gasteiger partial charge in [-0.15, -0.1) is 0 Å². The summed E-state index contributed by atoms with van der Waals surface area (Å²) in [6.45, 7) is 4.52. The van der Waals surface area contributed by atoms with Gasteiger partial charge >= 0.3 is 5.97 Å². The minimum atomic E-state index is -0.114. The molecule has 2 aromatic rings. The molecule has 0 aromatic heterocycles. The fraction of sp³-hybridized carbons (Fsp3) is 0.429. The van der Waals surface area contributed by atoms with E-state index < -0.39 is 0 Å². The van der Waals surface area contributed by atoms with Crippen molar-refractivity contribution >= 4 is 28.3 Å². The Morgan fingerprint density at radius 1 is 1.19 bits per heavy atom. The minimum Gasteiger partial charge on any atom is -0.466 e. The van der Waals surface area contributed by atoms with Crippen molar-refractivity contribution in [3.63, 3.8) is 0 Å². The number of ether oxygens (including phenoxy) is 1. The Hall–Kier alpha value is -2.40. The Balaban J connectivity index is 1.53. The molecule has 1 saturated heterocycles. The maximum atomic E-state index is 12.4. The maximum absolute atomic E-state index is 12.4. The van der Waals surface area contributed by atoms with E-state index in [0.717, 1.165) is 35.8 Å². The molecule has 1 atom stereocenters. The smallest absolute Gasteiger partial charge is 0.310 e. The largest absolute Gasteiger partial charge is 0.466 e. The molecule has 1 N–H and O–H groups in total. The summed E-state index contributed by atoms with van der Waals surface area (Å²) in [5, 5.41) is 5.18. The topological polar surface area (TPSA) is 58.6 Å². The van der Waals surface area contributed by atoms with Crippen LogP contribution in [-0.4, -0.2) is 43.0 Å². The van der Waals surface area contributed by atoms with Gasteiger partial charge in [-0.25, -0.2) is 0 Å². The van der Waals surface area contributed by atoms with Crippen LogP contribution in [0.25, 0.3) is 10.8 Å². The van der Waals surface area contributed by atoms with Gasteiger partial charge in [-0.2, -0.15) is 0 Å². The van der Waals surface area contributed by atoms with Crippen molar-refractivity contribution in [2.75, 3.05) is 31.6 Å². The fourth-order valence-corrected chi connectivity index (χ4v) is 3.52. The normalized spacial score (nSPS) is 17.8. The zero-order chi connectivity index (χ0) is 18.4. The third kappa shape index (κ3) is 4.61. The third-order valence-corrected chi connectivity index (χ3v) is 4.84. The van der Waals surface area contributed by atoms with Crippen molar-refractivity contribution in [1.29, 1.82) is 0 Å². The molecule has 1 aliphatic heterocycles. The molecule has 5 heteroatoms. The highest BCUT2D eigenvalue weighted by atomic mass is 16.5. The second kappa shape index (κ2) is 8.81. The van der Waals surface area contributed by atoms with Crippen molar-refractivity contribution in [3.8, 4) is 0 Å². The van der Waals surface area contributed by atoms with Crippen LogP contribution < -0.4 is 5.32 Å². The number of fused-ring (bicyclic) bond motifs is 1. The molecule has 0 radical (unpaired) electrons. The molecule has 0 aliphatic carbocycles. The van der Waals surface area contributed by atoms with Crippen LogP contribution in [-0.2, 0) is 14.3 Å². The van der Waals surface area contributed by atoms with Gasteiger partial charge in [0.15, 0.2) is 0 Å². The summed E-state index contributed by atoms with van der Waals surface area (Å²) in [6.07, 6.45) is 2.25. The summed E-state index contributed by atoms with van der Waals surface area (Å²) < 4.78 is 5.13. The maximum Gasteiger partial charge on any atom is 0.310 e. The molecule has 3 rings (SSSR count). The van der Waals surface area contributed by atoms with Crippen molar-refractivity contribution in [2.24, 2.45) is 5.92 Å². The first kappa shape index (κ1) is 18.4. The van der Waals surface area contributed by atoms with Crippen LogP contribution in [0.15, 0.2) is 42.5 Å².